The molecule has 17 heavy (non-hydrogen) atoms. The minimum atomic E-state index is -0.825. The molecule has 5 heteroatoms. The van der Waals surface area contributed by atoms with Crippen molar-refractivity contribution in [3.8, 4) is 5.75 Å². The molecule has 1 rings (SSSR count). The second kappa shape index (κ2) is 5.12. The molecular weight excluding hydrogens is 228 g/mol. The van der Waals surface area contributed by atoms with Crippen molar-refractivity contribution in [3.05, 3.63) is 29.8 Å². The Hall–Kier alpha value is -1.65. The summed E-state index contributed by atoms with van der Waals surface area (Å²) in [6.45, 7) is 5.16. The Labute approximate surface area is 98.8 Å². The van der Waals surface area contributed by atoms with Gasteiger partial charge in [0, 0.05) is 11.6 Å². The smallest absolute Gasteiger partial charge is 0.258 e. The van der Waals surface area contributed by atoms with Gasteiger partial charge in [-0.25, -0.2) is 8.78 Å². The normalized spacial score (nSPS) is 11.1. The Kier molecular flexibility index (Phi) is 4.04. The fourth-order valence-corrected chi connectivity index (χ4v) is 1.19. The summed E-state index contributed by atoms with van der Waals surface area (Å²) in [6.07, 6.45) is 0. The highest BCUT2D eigenvalue weighted by atomic mass is 19.1. The summed E-state index contributed by atoms with van der Waals surface area (Å²) in [5.41, 5.74) is -0.373. The largest absolute Gasteiger partial charge is 0.481 e. The van der Waals surface area contributed by atoms with Gasteiger partial charge in [0.15, 0.2) is 18.2 Å². The number of carbonyl (C=O) groups is 1. The van der Waals surface area contributed by atoms with E-state index in [1.165, 1.54) is 0 Å². The molecule has 0 saturated heterocycles. The molecule has 94 valence electrons. The van der Waals surface area contributed by atoms with Crippen molar-refractivity contribution >= 4 is 5.91 Å². The molecule has 0 fully saturated rings. The summed E-state index contributed by atoms with van der Waals surface area (Å²) in [5, 5.41) is 2.66. The Bertz CT molecular complexity index is 413. The molecule has 1 amide bonds. The van der Waals surface area contributed by atoms with Crippen LogP contribution in [-0.4, -0.2) is 18.1 Å². The van der Waals surface area contributed by atoms with Crippen molar-refractivity contribution in [1.29, 1.82) is 0 Å². The monoisotopic (exact) mass is 243 g/mol. The van der Waals surface area contributed by atoms with Gasteiger partial charge >= 0.3 is 0 Å². The third-order valence-electron chi connectivity index (χ3n) is 1.77. The molecule has 0 aromatic heterocycles. The van der Waals surface area contributed by atoms with Crippen molar-refractivity contribution in [2.45, 2.75) is 26.3 Å². The maximum atomic E-state index is 13.1. The molecule has 3 nitrogen and oxygen atoms in total. The number of nitrogens with one attached hydrogen (secondary N) is 1. The molecule has 1 aromatic carbocycles. The van der Waals surface area contributed by atoms with Gasteiger partial charge < -0.3 is 10.1 Å². The van der Waals surface area contributed by atoms with E-state index in [2.05, 4.69) is 5.32 Å². The molecule has 1 N–H and O–H groups in total. The number of hydrogen-bond acceptors (Lipinski definition) is 2. The fraction of sp³-hybridized carbons (Fsp3) is 0.417. The van der Waals surface area contributed by atoms with Gasteiger partial charge in [-0.15, -0.1) is 0 Å². The van der Waals surface area contributed by atoms with Crippen molar-refractivity contribution < 1.29 is 18.3 Å². The van der Waals surface area contributed by atoms with Gasteiger partial charge in [0.05, 0.1) is 0 Å². The number of benzene rings is 1. The van der Waals surface area contributed by atoms with Crippen LogP contribution in [0.2, 0.25) is 0 Å². The SMILES string of the molecule is CC(C)(C)NC(=O)COc1ccc(F)cc1F. The zero-order valence-corrected chi connectivity index (χ0v) is 10.0. The van der Waals surface area contributed by atoms with E-state index in [-0.39, 0.29) is 23.8 Å². The van der Waals surface area contributed by atoms with Crippen molar-refractivity contribution in [1.82, 2.24) is 5.32 Å². The van der Waals surface area contributed by atoms with Gasteiger partial charge in [-0.1, -0.05) is 0 Å². The van der Waals surface area contributed by atoms with Crippen LogP contribution in [0.3, 0.4) is 0 Å². The molecule has 0 aliphatic carbocycles. The van der Waals surface area contributed by atoms with Crippen molar-refractivity contribution in [2.24, 2.45) is 0 Å². The molecule has 0 spiro atoms. The Morgan fingerprint density at radius 2 is 2.00 bits per heavy atom. The van der Waals surface area contributed by atoms with Crippen LogP contribution < -0.4 is 10.1 Å². The molecule has 0 aliphatic heterocycles. The molecule has 0 unspecified atom stereocenters. The van der Waals surface area contributed by atoms with E-state index in [1.807, 2.05) is 20.8 Å². The lowest BCUT2D eigenvalue weighted by Gasteiger charge is -2.20. The number of ether oxygens (including phenoxy) is 1. The van der Waals surface area contributed by atoms with Crippen molar-refractivity contribution in [2.75, 3.05) is 6.61 Å². The zero-order chi connectivity index (χ0) is 13.1. The van der Waals surface area contributed by atoms with Crippen LogP contribution in [0.4, 0.5) is 8.78 Å². The minimum Gasteiger partial charge on any atom is -0.481 e. The van der Waals surface area contributed by atoms with Gasteiger partial charge in [-0.05, 0) is 32.9 Å². The summed E-state index contributed by atoms with van der Waals surface area (Å²) < 4.78 is 30.7. The van der Waals surface area contributed by atoms with E-state index in [1.54, 1.807) is 0 Å². The quantitative estimate of drug-likeness (QED) is 0.884. The predicted molar refractivity (Wildman–Crippen MR) is 59.7 cm³/mol. The number of rotatable bonds is 3. The first-order valence-corrected chi connectivity index (χ1v) is 5.17. The van der Waals surface area contributed by atoms with Crippen LogP contribution in [0.1, 0.15) is 20.8 Å². The number of halogens is 2. The van der Waals surface area contributed by atoms with Crippen LogP contribution in [0, 0.1) is 11.6 Å². The van der Waals surface area contributed by atoms with E-state index in [0.717, 1.165) is 12.1 Å². The van der Waals surface area contributed by atoms with Gasteiger partial charge in [0.1, 0.15) is 5.82 Å². The van der Waals surface area contributed by atoms with Crippen LogP contribution in [0.15, 0.2) is 18.2 Å². The average molecular weight is 243 g/mol. The second-order valence-electron chi connectivity index (χ2n) is 4.66. The van der Waals surface area contributed by atoms with Gasteiger partial charge in [-0.2, -0.15) is 0 Å². The van der Waals surface area contributed by atoms with E-state index in [9.17, 15) is 13.6 Å². The lowest BCUT2D eigenvalue weighted by molar-refractivity contribution is -0.124. The van der Waals surface area contributed by atoms with E-state index in [4.69, 9.17) is 4.74 Å². The number of carbonyl (C=O) groups excluding carboxylic acids is 1. The molecule has 1 aromatic rings. The van der Waals surface area contributed by atoms with Crippen molar-refractivity contribution in [3.63, 3.8) is 0 Å². The summed E-state index contributed by atoms with van der Waals surface area (Å²) in [4.78, 5) is 11.4. The third-order valence-corrected chi connectivity index (χ3v) is 1.77. The second-order valence-corrected chi connectivity index (χ2v) is 4.66. The average Bonchev–Trinajstić information content (AvgIpc) is 2.13. The summed E-state index contributed by atoms with van der Waals surface area (Å²) in [7, 11) is 0. The first kappa shape index (κ1) is 13.4. The topological polar surface area (TPSA) is 38.3 Å². The Morgan fingerprint density at radius 1 is 1.35 bits per heavy atom. The summed E-state index contributed by atoms with van der Waals surface area (Å²) in [5.74, 6) is -2.01. The van der Waals surface area contributed by atoms with Gasteiger partial charge in [0.2, 0.25) is 0 Å². The maximum Gasteiger partial charge on any atom is 0.258 e. The summed E-state index contributed by atoms with van der Waals surface area (Å²) in [6, 6.07) is 2.92. The highest BCUT2D eigenvalue weighted by molar-refractivity contribution is 5.78. The molecule has 0 aliphatic rings. The third kappa shape index (κ3) is 4.80. The zero-order valence-electron chi connectivity index (χ0n) is 10.0. The lowest BCUT2D eigenvalue weighted by Crippen LogP contribution is -2.43. The molecule has 0 bridgehead atoms. The van der Waals surface area contributed by atoms with Gasteiger partial charge in [0.25, 0.3) is 5.91 Å². The number of hydrogen-bond donors (Lipinski definition) is 1. The lowest BCUT2D eigenvalue weighted by atomic mass is 10.1. The van der Waals surface area contributed by atoms with Crippen LogP contribution >= 0.6 is 0 Å². The molecular formula is C12H15F2NO2. The minimum absolute atomic E-state index is 0.143. The fourth-order valence-electron chi connectivity index (χ4n) is 1.19. The molecule has 0 radical (unpaired) electrons. The van der Waals surface area contributed by atoms with Gasteiger partial charge in [-0.3, -0.25) is 4.79 Å². The standard InChI is InChI=1S/C12H15F2NO2/c1-12(2,3)15-11(16)7-17-10-5-4-8(13)6-9(10)14/h4-6H,7H2,1-3H3,(H,15,16). The first-order valence-electron chi connectivity index (χ1n) is 5.17. The Morgan fingerprint density at radius 3 is 2.53 bits per heavy atom. The first-order chi connectivity index (χ1) is 7.78. The molecule has 0 atom stereocenters. The predicted octanol–water partition coefficient (Wildman–Crippen LogP) is 2.26. The number of amides is 1. The van der Waals surface area contributed by atoms with Crippen LogP contribution in [0.25, 0.3) is 0 Å². The Balaban J connectivity index is 2.53. The molecule has 0 heterocycles. The highest BCUT2D eigenvalue weighted by Gasteiger charge is 2.14. The molecule has 0 saturated carbocycles. The van der Waals surface area contributed by atoms with E-state index >= 15 is 0 Å². The van der Waals surface area contributed by atoms with Crippen LogP contribution in [-0.2, 0) is 4.79 Å². The van der Waals surface area contributed by atoms with E-state index < -0.39 is 11.6 Å². The van der Waals surface area contributed by atoms with Crippen LogP contribution in [0.5, 0.6) is 5.75 Å². The summed E-state index contributed by atoms with van der Waals surface area (Å²) >= 11 is 0. The maximum absolute atomic E-state index is 13.1. The highest BCUT2D eigenvalue weighted by Crippen LogP contribution is 2.17. The van der Waals surface area contributed by atoms with E-state index in [0.29, 0.717) is 6.07 Å².